The minimum absolute atomic E-state index is 0.144. The van der Waals surface area contributed by atoms with Crippen LogP contribution in [-0.2, 0) is 0 Å². The number of ether oxygens (including phenoxy) is 1. The second kappa shape index (κ2) is 7.95. The summed E-state index contributed by atoms with van der Waals surface area (Å²) in [7, 11) is 3.92. The fraction of sp³-hybridized carbons (Fsp3) is 0.333. The van der Waals surface area contributed by atoms with Crippen LogP contribution < -0.4 is 10.2 Å². The summed E-state index contributed by atoms with van der Waals surface area (Å²) in [4.78, 5) is 30.5. The van der Waals surface area contributed by atoms with Crippen molar-refractivity contribution in [2.75, 3.05) is 33.8 Å². The van der Waals surface area contributed by atoms with E-state index in [1.54, 1.807) is 11.0 Å². The van der Waals surface area contributed by atoms with Crippen molar-refractivity contribution in [3.8, 4) is 5.75 Å². The fourth-order valence-electron chi connectivity index (χ4n) is 3.93. The average molecular weight is 406 g/mol. The second-order valence-corrected chi connectivity index (χ2v) is 7.88. The standard InChI is InChI=1S/C24H26N2O4/c1-5-29-17-9-7-16(8-10-17)21-20-22(27)18-14-15(2)6-11-19(18)30-23(20)24(28)26(21)13-12-25(3)4/h6-11,14,21H,5,12-13H2,1-4H3. The van der Waals surface area contributed by atoms with E-state index in [4.69, 9.17) is 9.15 Å². The molecule has 0 aliphatic carbocycles. The summed E-state index contributed by atoms with van der Waals surface area (Å²) in [6.07, 6.45) is 0. The van der Waals surface area contributed by atoms with E-state index in [0.29, 0.717) is 36.2 Å². The van der Waals surface area contributed by atoms with Gasteiger partial charge in [-0.25, -0.2) is 0 Å². The molecule has 0 N–H and O–H groups in total. The van der Waals surface area contributed by atoms with Crippen LogP contribution in [0.1, 0.15) is 40.2 Å². The van der Waals surface area contributed by atoms with Gasteiger partial charge in [0.1, 0.15) is 11.3 Å². The number of likely N-dealkylation sites (N-methyl/N-ethyl adjacent to an activating group) is 1. The van der Waals surface area contributed by atoms with Crippen molar-refractivity contribution < 1.29 is 13.9 Å². The largest absolute Gasteiger partial charge is 0.494 e. The lowest BCUT2D eigenvalue weighted by Gasteiger charge is -2.26. The van der Waals surface area contributed by atoms with E-state index < -0.39 is 6.04 Å². The van der Waals surface area contributed by atoms with E-state index in [1.165, 1.54) is 0 Å². The number of carbonyl (C=O) groups excluding carboxylic acids is 1. The third-order valence-corrected chi connectivity index (χ3v) is 5.42. The summed E-state index contributed by atoms with van der Waals surface area (Å²) < 4.78 is 11.5. The number of aryl methyl sites for hydroxylation is 1. The molecule has 6 heteroatoms. The second-order valence-electron chi connectivity index (χ2n) is 7.88. The molecule has 0 saturated heterocycles. The van der Waals surface area contributed by atoms with E-state index >= 15 is 0 Å². The Balaban J connectivity index is 1.88. The molecule has 6 nitrogen and oxygen atoms in total. The predicted octanol–water partition coefficient (Wildman–Crippen LogP) is 3.61. The molecule has 2 aromatic carbocycles. The zero-order chi connectivity index (χ0) is 21.4. The van der Waals surface area contributed by atoms with Crippen molar-refractivity contribution in [1.82, 2.24) is 9.80 Å². The molecule has 0 bridgehead atoms. The van der Waals surface area contributed by atoms with Crippen LogP contribution in [0.25, 0.3) is 11.0 Å². The van der Waals surface area contributed by atoms with Crippen molar-refractivity contribution in [2.45, 2.75) is 19.9 Å². The van der Waals surface area contributed by atoms with Gasteiger partial charge in [-0.2, -0.15) is 0 Å². The maximum atomic E-state index is 13.5. The zero-order valence-corrected chi connectivity index (χ0v) is 17.8. The van der Waals surface area contributed by atoms with Gasteiger partial charge in [-0.15, -0.1) is 0 Å². The Morgan fingerprint density at radius 2 is 1.83 bits per heavy atom. The maximum Gasteiger partial charge on any atom is 0.290 e. The molecule has 0 fully saturated rings. The highest BCUT2D eigenvalue weighted by Crippen LogP contribution is 2.38. The number of nitrogens with zero attached hydrogens (tertiary/aromatic N) is 2. The highest BCUT2D eigenvalue weighted by Gasteiger charge is 2.42. The number of hydrogen-bond acceptors (Lipinski definition) is 5. The van der Waals surface area contributed by atoms with Crippen LogP contribution in [0.5, 0.6) is 5.75 Å². The van der Waals surface area contributed by atoms with E-state index in [2.05, 4.69) is 0 Å². The molecular formula is C24H26N2O4. The van der Waals surface area contributed by atoms with Gasteiger partial charge in [0.2, 0.25) is 5.76 Å². The third-order valence-electron chi connectivity index (χ3n) is 5.42. The quantitative estimate of drug-likeness (QED) is 0.626. The van der Waals surface area contributed by atoms with E-state index in [-0.39, 0.29) is 17.1 Å². The topological polar surface area (TPSA) is 63.0 Å². The smallest absolute Gasteiger partial charge is 0.290 e. The summed E-state index contributed by atoms with van der Waals surface area (Å²) in [5.41, 5.74) is 2.55. The van der Waals surface area contributed by atoms with Gasteiger partial charge in [-0.3, -0.25) is 9.59 Å². The SMILES string of the molecule is CCOc1ccc(C2c3c(oc4ccc(C)cc4c3=O)C(=O)N2CCN(C)C)cc1. The molecule has 1 unspecified atom stereocenters. The van der Waals surface area contributed by atoms with Crippen molar-refractivity contribution in [3.05, 3.63) is 75.1 Å². The Labute approximate surface area is 175 Å². The average Bonchev–Trinajstić information content (AvgIpc) is 3.00. The van der Waals surface area contributed by atoms with Gasteiger partial charge in [-0.1, -0.05) is 23.8 Å². The van der Waals surface area contributed by atoms with Gasteiger partial charge in [0, 0.05) is 13.1 Å². The molecule has 2 heterocycles. The number of amides is 1. The first-order chi connectivity index (χ1) is 14.4. The molecule has 4 rings (SSSR count). The molecule has 1 aliphatic heterocycles. The van der Waals surface area contributed by atoms with E-state index in [1.807, 2.05) is 69.2 Å². The van der Waals surface area contributed by atoms with Crippen LogP contribution >= 0.6 is 0 Å². The first kappa shape index (κ1) is 20.2. The van der Waals surface area contributed by atoms with Gasteiger partial charge in [0.05, 0.1) is 23.6 Å². The fourth-order valence-corrected chi connectivity index (χ4v) is 3.93. The van der Waals surface area contributed by atoms with Crippen LogP contribution in [0.4, 0.5) is 0 Å². The first-order valence-electron chi connectivity index (χ1n) is 10.2. The summed E-state index contributed by atoms with van der Waals surface area (Å²) >= 11 is 0. The van der Waals surface area contributed by atoms with Crippen molar-refractivity contribution in [1.29, 1.82) is 0 Å². The Morgan fingerprint density at radius 1 is 1.10 bits per heavy atom. The summed E-state index contributed by atoms with van der Waals surface area (Å²) in [6.45, 7) is 5.61. The Morgan fingerprint density at radius 3 is 2.50 bits per heavy atom. The first-order valence-corrected chi connectivity index (χ1v) is 10.2. The minimum atomic E-state index is -0.482. The monoisotopic (exact) mass is 406 g/mol. The van der Waals surface area contributed by atoms with Crippen LogP contribution in [0, 0.1) is 6.92 Å². The van der Waals surface area contributed by atoms with Gasteiger partial charge < -0.3 is 19.0 Å². The maximum absolute atomic E-state index is 13.5. The Kier molecular flexibility index (Phi) is 5.35. The van der Waals surface area contributed by atoms with Crippen molar-refractivity contribution in [2.24, 2.45) is 0 Å². The van der Waals surface area contributed by atoms with Crippen molar-refractivity contribution in [3.63, 3.8) is 0 Å². The van der Waals surface area contributed by atoms with Crippen LogP contribution in [0.3, 0.4) is 0 Å². The zero-order valence-electron chi connectivity index (χ0n) is 17.8. The van der Waals surface area contributed by atoms with E-state index in [0.717, 1.165) is 16.9 Å². The molecule has 3 aromatic rings. The highest BCUT2D eigenvalue weighted by atomic mass is 16.5. The summed E-state index contributed by atoms with van der Waals surface area (Å²) in [5, 5.41) is 0.506. The van der Waals surface area contributed by atoms with Crippen molar-refractivity contribution >= 4 is 16.9 Å². The molecule has 1 aromatic heterocycles. The van der Waals surface area contributed by atoms with Crippen LogP contribution in [0.2, 0.25) is 0 Å². The molecule has 1 atom stereocenters. The molecule has 1 aliphatic rings. The predicted molar refractivity (Wildman–Crippen MR) is 116 cm³/mol. The molecule has 1 amide bonds. The lowest BCUT2D eigenvalue weighted by molar-refractivity contribution is 0.0716. The molecule has 30 heavy (non-hydrogen) atoms. The van der Waals surface area contributed by atoms with Gasteiger partial charge in [0.25, 0.3) is 5.91 Å². The van der Waals surface area contributed by atoms with Gasteiger partial charge >= 0.3 is 0 Å². The van der Waals surface area contributed by atoms with Crippen LogP contribution in [0.15, 0.2) is 51.7 Å². The lowest BCUT2D eigenvalue weighted by Crippen LogP contribution is -2.35. The Bertz CT molecular complexity index is 1150. The lowest BCUT2D eigenvalue weighted by atomic mass is 9.98. The molecular weight excluding hydrogens is 380 g/mol. The molecule has 0 saturated carbocycles. The number of rotatable bonds is 6. The summed E-state index contributed by atoms with van der Waals surface area (Å²) in [6, 6.07) is 12.6. The number of carbonyl (C=O) groups is 1. The minimum Gasteiger partial charge on any atom is -0.494 e. The van der Waals surface area contributed by atoms with Gasteiger partial charge in [0.15, 0.2) is 5.43 Å². The normalized spacial score (nSPS) is 15.8. The number of hydrogen-bond donors (Lipinski definition) is 0. The highest BCUT2D eigenvalue weighted by molar-refractivity contribution is 5.99. The number of benzene rings is 2. The van der Waals surface area contributed by atoms with E-state index in [9.17, 15) is 9.59 Å². The molecule has 0 radical (unpaired) electrons. The number of fused-ring (bicyclic) bond motifs is 2. The Hall–Kier alpha value is -3.12. The molecule has 156 valence electrons. The summed E-state index contributed by atoms with van der Waals surface area (Å²) in [5.74, 6) is 0.658. The molecule has 0 spiro atoms. The van der Waals surface area contributed by atoms with Gasteiger partial charge in [-0.05, 0) is 57.8 Å². The third kappa shape index (κ3) is 3.48. The van der Waals surface area contributed by atoms with Crippen LogP contribution in [-0.4, -0.2) is 49.5 Å².